The lowest BCUT2D eigenvalue weighted by molar-refractivity contribution is 0.310. The number of benzene rings is 3. The van der Waals surface area contributed by atoms with E-state index in [9.17, 15) is 17.6 Å². The lowest BCUT2D eigenvalue weighted by Gasteiger charge is -2.29. The summed E-state index contributed by atoms with van der Waals surface area (Å²) in [5.41, 5.74) is 2.76. The summed E-state index contributed by atoms with van der Waals surface area (Å²) in [7, 11) is 0. The van der Waals surface area contributed by atoms with Crippen molar-refractivity contribution in [1.82, 2.24) is 0 Å². The van der Waals surface area contributed by atoms with Gasteiger partial charge in [0.05, 0.1) is 5.56 Å². The zero-order valence-corrected chi connectivity index (χ0v) is 22.2. The minimum atomic E-state index is -1.05. The summed E-state index contributed by atoms with van der Waals surface area (Å²) in [6, 6.07) is 13.4. The van der Waals surface area contributed by atoms with Crippen LogP contribution >= 0.6 is 11.6 Å². The predicted molar refractivity (Wildman–Crippen MR) is 144 cm³/mol. The van der Waals surface area contributed by atoms with E-state index in [1.165, 1.54) is 48.9 Å². The van der Waals surface area contributed by atoms with E-state index in [0.717, 1.165) is 50.7 Å². The molecule has 0 aromatic heterocycles. The Balaban J connectivity index is 1.29. The van der Waals surface area contributed by atoms with E-state index in [1.54, 1.807) is 0 Å². The molecule has 0 atom stereocenters. The van der Waals surface area contributed by atoms with Crippen LogP contribution in [0.3, 0.4) is 0 Å². The van der Waals surface area contributed by atoms with E-state index in [4.69, 9.17) is 11.6 Å². The Kier molecular flexibility index (Phi) is 9.70. The first-order valence-corrected chi connectivity index (χ1v) is 13.9. The van der Waals surface area contributed by atoms with Gasteiger partial charge in [-0.1, -0.05) is 62.1 Å². The Morgan fingerprint density at radius 2 is 1.32 bits per heavy atom. The van der Waals surface area contributed by atoms with Gasteiger partial charge in [-0.05, 0) is 110 Å². The Labute approximate surface area is 223 Å². The zero-order chi connectivity index (χ0) is 26.4. The minimum absolute atomic E-state index is 0.205. The molecule has 1 aliphatic rings. The monoisotopic (exact) mass is 530 g/mol. The first-order chi connectivity index (χ1) is 17.9. The molecule has 3 aromatic rings. The maximum Gasteiger partial charge on any atom is 0.145 e. The van der Waals surface area contributed by atoms with E-state index in [0.29, 0.717) is 23.8 Å². The topological polar surface area (TPSA) is 0 Å². The molecule has 0 spiro atoms. The van der Waals surface area contributed by atoms with Crippen LogP contribution in [0.4, 0.5) is 17.6 Å². The van der Waals surface area contributed by atoms with Crippen molar-refractivity contribution in [1.29, 1.82) is 0 Å². The van der Waals surface area contributed by atoms with Crippen molar-refractivity contribution >= 4 is 11.6 Å². The fourth-order valence-electron chi connectivity index (χ4n) is 5.61. The smallest absolute Gasteiger partial charge is 0.145 e. The highest BCUT2D eigenvalue weighted by atomic mass is 35.5. The van der Waals surface area contributed by atoms with Gasteiger partial charge in [0.1, 0.15) is 28.3 Å². The molecular formula is C32H35ClF4. The van der Waals surface area contributed by atoms with Crippen molar-refractivity contribution < 1.29 is 17.6 Å². The zero-order valence-electron chi connectivity index (χ0n) is 21.4. The van der Waals surface area contributed by atoms with Gasteiger partial charge in [-0.3, -0.25) is 0 Å². The molecule has 198 valence electrons. The normalized spacial score (nSPS) is 17.8. The molecule has 3 aromatic carbocycles. The highest BCUT2D eigenvalue weighted by molar-refractivity contribution is 6.31. The SMILES string of the molecule is CCCCCCc1ccc([C@H]2CC[C@H](CCc3cc(F)c(-c4cc(F)c(Cl)c(F)c4)c(F)c3)CC2)cc1. The summed E-state index contributed by atoms with van der Waals surface area (Å²) >= 11 is 5.49. The molecule has 1 fully saturated rings. The Morgan fingerprint density at radius 3 is 1.92 bits per heavy atom. The maximum atomic E-state index is 14.8. The predicted octanol–water partition coefficient (Wildman–Crippen LogP) is 10.6. The molecule has 0 bridgehead atoms. The fraction of sp³-hybridized carbons (Fsp3) is 0.438. The third-order valence-electron chi connectivity index (χ3n) is 7.83. The van der Waals surface area contributed by atoms with Crippen LogP contribution in [0.2, 0.25) is 5.02 Å². The molecule has 0 saturated heterocycles. The molecule has 0 aliphatic heterocycles. The molecule has 37 heavy (non-hydrogen) atoms. The molecule has 0 unspecified atom stereocenters. The van der Waals surface area contributed by atoms with Gasteiger partial charge in [0.2, 0.25) is 0 Å². The van der Waals surface area contributed by atoms with Crippen LogP contribution in [-0.2, 0) is 12.8 Å². The second-order valence-electron chi connectivity index (χ2n) is 10.5. The highest BCUT2D eigenvalue weighted by Crippen LogP contribution is 2.38. The Hall–Kier alpha value is -2.33. The molecular weight excluding hydrogens is 496 g/mol. The van der Waals surface area contributed by atoms with Crippen LogP contribution in [0.15, 0.2) is 48.5 Å². The van der Waals surface area contributed by atoms with E-state index in [1.807, 2.05) is 0 Å². The third kappa shape index (κ3) is 7.16. The largest absolute Gasteiger partial charge is 0.206 e. The molecule has 0 radical (unpaired) electrons. The van der Waals surface area contributed by atoms with Crippen molar-refractivity contribution in [2.24, 2.45) is 5.92 Å². The van der Waals surface area contributed by atoms with Gasteiger partial charge in [-0.25, -0.2) is 17.6 Å². The lowest BCUT2D eigenvalue weighted by Crippen LogP contribution is -2.14. The van der Waals surface area contributed by atoms with Crippen molar-refractivity contribution in [3.63, 3.8) is 0 Å². The van der Waals surface area contributed by atoms with Crippen LogP contribution in [0.1, 0.15) is 87.3 Å². The third-order valence-corrected chi connectivity index (χ3v) is 8.19. The van der Waals surface area contributed by atoms with Gasteiger partial charge in [0.15, 0.2) is 0 Å². The summed E-state index contributed by atoms with van der Waals surface area (Å²) in [4.78, 5) is 0. The number of halogens is 5. The standard InChI is InChI=1S/C32H35ClF4/c1-2-3-4-5-6-21-9-13-24(14-10-21)25-15-11-22(12-16-25)7-8-23-17-27(34)31(28(35)18-23)26-19-29(36)32(33)30(37)20-26/h9-10,13-14,17-20,22,25H,2-8,11-12,15-16H2,1H3/t22-,25-. The molecule has 0 heterocycles. The van der Waals surface area contributed by atoms with Crippen molar-refractivity contribution in [3.05, 3.63) is 93.5 Å². The van der Waals surface area contributed by atoms with E-state index >= 15 is 0 Å². The molecule has 5 heteroatoms. The molecule has 0 nitrogen and oxygen atoms in total. The van der Waals surface area contributed by atoms with Crippen molar-refractivity contribution in [2.75, 3.05) is 0 Å². The average molecular weight is 531 g/mol. The quantitative estimate of drug-likeness (QED) is 0.139. The van der Waals surface area contributed by atoms with Gasteiger partial charge < -0.3 is 0 Å². The van der Waals surface area contributed by atoms with Crippen molar-refractivity contribution in [3.8, 4) is 11.1 Å². The molecule has 0 N–H and O–H groups in total. The summed E-state index contributed by atoms with van der Waals surface area (Å²) in [6.07, 6.45) is 12.2. The van der Waals surface area contributed by atoms with E-state index in [-0.39, 0.29) is 5.56 Å². The first-order valence-electron chi connectivity index (χ1n) is 13.6. The van der Waals surface area contributed by atoms with Crippen LogP contribution in [0.25, 0.3) is 11.1 Å². The average Bonchev–Trinajstić information content (AvgIpc) is 2.89. The highest BCUT2D eigenvalue weighted by Gasteiger charge is 2.23. The minimum Gasteiger partial charge on any atom is -0.206 e. The van der Waals surface area contributed by atoms with Gasteiger partial charge in [-0.2, -0.15) is 0 Å². The maximum absolute atomic E-state index is 14.8. The Morgan fingerprint density at radius 1 is 0.703 bits per heavy atom. The number of hydrogen-bond acceptors (Lipinski definition) is 0. The molecule has 1 saturated carbocycles. The number of rotatable bonds is 10. The van der Waals surface area contributed by atoms with Crippen LogP contribution in [0.5, 0.6) is 0 Å². The van der Waals surface area contributed by atoms with Crippen LogP contribution < -0.4 is 0 Å². The van der Waals surface area contributed by atoms with E-state index in [2.05, 4.69) is 31.2 Å². The molecule has 0 amide bonds. The second-order valence-corrected chi connectivity index (χ2v) is 10.9. The van der Waals surface area contributed by atoms with Gasteiger partial charge in [0.25, 0.3) is 0 Å². The van der Waals surface area contributed by atoms with Gasteiger partial charge >= 0.3 is 0 Å². The number of hydrogen-bond donors (Lipinski definition) is 0. The summed E-state index contributed by atoms with van der Waals surface area (Å²) in [5, 5.41) is -0.689. The first kappa shape index (κ1) is 27.7. The summed E-state index contributed by atoms with van der Waals surface area (Å²) in [5.74, 6) is -2.64. The van der Waals surface area contributed by atoms with Crippen LogP contribution in [0, 0.1) is 29.2 Å². The van der Waals surface area contributed by atoms with E-state index < -0.39 is 33.9 Å². The summed E-state index contributed by atoms with van der Waals surface area (Å²) in [6.45, 7) is 2.23. The molecule has 1 aliphatic carbocycles. The Bertz CT molecular complexity index is 1130. The molecule has 4 rings (SSSR count). The number of aryl methyl sites for hydroxylation is 2. The fourth-order valence-corrected chi connectivity index (χ4v) is 5.72. The van der Waals surface area contributed by atoms with Gasteiger partial charge in [0, 0.05) is 0 Å². The van der Waals surface area contributed by atoms with Gasteiger partial charge in [-0.15, -0.1) is 0 Å². The van der Waals surface area contributed by atoms with Crippen LogP contribution in [-0.4, -0.2) is 0 Å². The van der Waals surface area contributed by atoms with Crippen molar-refractivity contribution in [2.45, 2.75) is 83.5 Å². The number of unbranched alkanes of at least 4 members (excludes halogenated alkanes) is 3. The second kappa shape index (κ2) is 13.0. The summed E-state index contributed by atoms with van der Waals surface area (Å²) < 4.78 is 57.2. The lowest BCUT2D eigenvalue weighted by atomic mass is 9.76.